The zero-order valence-electron chi connectivity index (χ0n) is 15.7. The van der Waals surface area contributed by atoms with Gasteiger partial charge in [-0.25, -0.2) is 5.01 Å². The Hall–Kier alpha value is -3.13. The van der Waals surface area contributed by atoms with Crippen molar-refractivity contribution in [1.82, 2.24) is 5.01 Å². The second-order valence-corrected chi connectivity index (χ2v) is 7.86. The molecule has 7 nitrogen and oxygen atoms in total. The topological polar surface area (TPSA) is 91.6 Å². The molecular weight excluding hydrogens is 390 g/mol. The number of nitrogens with zero attached hydrogens (tertiary/aromatic N) is 3. The van der Waals surface area contributed by atoms with E-state index in [1.165, 1.54) is 0 Å². The molecule has 2 aromatic carbocycles. The number of rotatable bonds is 5. The van der Waals surface area contributed by atoms with Crippen LogP contribution in [0, 0.1) is 0 Å². The third kappa shape index (κ3) is 4.02. The minimum Gasteiger partial charge on any atom is -0.497 e. The second-order valence-electron chi connectivity index (χ2n) is 6.69. The highest BCUT2D eigenvalue weighted by Gasteiger charge is 2.39. The molecule has 1 N–H and O–H groups in total. The number of benzene rings is 2. The van der Waals surface area contributed by atoms with Crippen LogP contribution < -0.4 is 4.74 Å². The molecule has 2 unspecified atom stereocenters. The quantitative estimate of drug-likeness (QED) is 0.815. The number of carboxylic acids is 1. The molecule has 4 rings (SSSR count). The van der Waals surface area contributed by atoms with E-state index in [1.807, 2.05) is 54.6 Å². The summed E-state index contributed by atoms with van der Waals surface area (Å²) in [4.78, 5) is 27.3. The first-order valence-electron chi connectivity index (χ1n) is 9.12. The summed E-state index contributed by atoms with van der Waals surface area (Å²) >= 11 is 1.16. The Morgan fingerprint density at radius 2 is 1.93 bits per heavy atom. The molecule has 0 aliphatic carbocycles. The third-order valence-corrected chi connectivity index (χ3v) is 5.94. The van der Waals surface area contributed by atoms with Crippen molar-refractivity contribution in [3.05, 3.63) is 65.7 Å². The molecule has 2 heterocycles. The zero-order valence-corrected chi connectivity index (χ0v) is 16.5. The van der Waals surface area contributed by atoms with Gasteiger partial charge in [0.25, 0.3) is 5.91 Å². The molecule has 2 aliphatic heterocycles. The van der Waals surface area contributed by atoms with Crippen molar-refractivity contribution in [2.75, 3.05) is 7.11 Å². The van der Waals surface area contributed by atoms with Crippen LogP contribution in [0.25, 0.3) is 0 Å². The number of amides is 1. The summed E-state index contributed by atoms with van der Waals surface area (Å²) < 4.78 is 5.24. The summed E-state index contributed by atoms with van der Waals surface area (Å²) in [5, 5.41) is 15.3. The van der Waals surface area contributed by atoms with Gasteiger partial charge in [0.05, 0.1) is 25.3 Å². The zero-order chi connectivity index (χ0) is 20.4. The van der Waals surface area contributed by atoms with Crippen LogP contribution in [0.4, 0.5) is 0 Å². The van der Waals surface area contributed by atoms with E-state index in [4.69, 9.17) is 14.9 Å². The number of carbonyl (C=O) groups excluding carboxylic acids is 1. The molecule has 0 aromatic heterocycles. The minimum atomic E-state index is -1.02. The average Bonchev–Trinajstić information content (AvgIpc) is 3.32. The van der Waals surface area contributed by atoms with Crippen LogP contribution in [0.5, 0.6) is 5.75 Å². The monoisotopic (exact) mass is 409 g/mol. The molecule has 0 bridgehead atoms. The van der Waals surface area contributed by atoms with Gasteiger partial charge in [0.1, 0.15) is 11.0 Å². The van der Waals surface area contributed by atoms with Crippen molar-refractivity contribution in [2.45, 2.75) is 24.1 Å². The molecule has 0 fully saturated rings. The van der Waals surface area contributed by atoms with Crippen LogP contribution in [-0.4, -0.2) is 45.2 Å². The van der Waals surface area contributed by atoms with Crippen LogP contribution in [0.15, 0.2) is 64.7 Å². The van der Waals surface area contributed by atoms with E-state index in [0.29, 0.717) is 11.6 Å². The molecule has 1 amide bonds. The Labute approximate surface area is 172 Å². The van der Waals surface area contributed by atoms with Gasteiger partial charge in [0.2, 0.25) is 0 Å². The van der Waals surface area contributed by atoms with E-state index in [9.17, 15) is 9.59 Å². The lowest BCUT2D eigenvalue weighted by molar-refractivity contribution is -0.138. The molecular formula is C21H19N3O4S. The van der Waals surface area contributed by atoms with Gasteiger partial charge in [-0.05, 0) is 23.3 Å². The normalized spacial score (nSPS) is 21.1. The summed E-state index contributed by atoms with van der Waals surface area (Å²) in [5.41, 5.74) is 2.91. The smallest absolute Gasteiger partial charge is 0.305 e. The highest BCUT2D eigenvalue weighted by Crippen LogP contribution is 2.38. The SMILES string of the molecule is COc1ccc(C2CC(c3ccccc3)=NN2C2=NC(=O)C(CC(=O)O)S2)cc1. The lowest BCUT2D eigenvalue weighted by atomic mass is 9.98. The highest BCUT2D eigenvalue weighted by molar-refractivity contribution is 8.15. The molecule has 2 aliphatic rings. The van der Waals surface area contributed by atoms with Gasteiger partial charge >= 0.3 is 5.97 Å². The van der Waals surface area contributed by atoms with Crippen molar-refractivity contribution in [2.24, 2.45) is 10.1 Å². The number of hydrazone groups is 1. The van der Waals surface area contributed by atoms with Crippen molar-refractivity contribution in [3.63, 3.8) is 0 Å². The molecule has 8 heteroatoms. The third-order valence-electron chi connectivity index (χ3n) is 4.80. The van der Waals surface area contributed by atoms with E-state index in [1.54, 1.807) is 12.1 Å². The fourth-order valence-electron chi connectivity index (χ4n) is 3.34. The number of hydrogen-bond acceptors (Lipinski definition) is 6. The van der Waals surface area contributed by atoms with Crippen LogP contribution in [0.1, 0.15) is 30.0 Å². The number of methoxy groups -OCH3 is 1. The van der Waals surface area contributed by atoms with Crippen molar-refractivity contribution in [3.8, 4) is 5.75 Å². The number of hydrogen-bond donors (Lipinski definition) is 1. The predicted molar refractivity (Wildman–Crippen MR) is 111 cm³/mol. The van der Waals surface area contributed by atoms with Crippen molar-refractivity contribution >= 4 is 34.5 Å². The Kier molecular flexibility index (Phi) is 5.35. The predicted octanol–water partition coefficient (Wildman–Crippen LogP) is 3.32. The molecule has 0 radical (unpaired) electrons. The Bertz CT molecular complexity index is 989. The molecule has 29 heavy (non-hydrogen) atoms. The molecule has 0 spiro atoms. The fourth-order valence-corrected chi connectivity index (χ4v) is 4.39. The number of carbonyl (C=O) groups is 2. The number of aliphatic carboxylic acids is 1. The fraction of sp³-hybridized carbons (Fsp3) is 0.238. The Morgan fingerprint density at radius 3 is 2.59 bits per heavy atom. The van der Waals surface area contributed by atoms with Crippen LogP contribution >= 0.6 is 11.8 Å². The summed E-state index contributed by atoms with van der Waals surface area (Å²) in [6, 6.07) is 17.4. The summed E-state index contributed by atoms with van der Waals surface area (Å²) in [5.74, 6) is -0.690. The average molecular weight is 409 g/mol. The van der Waals surface area contributed by atoms with Gasteiger partial charge < -0.3 is 9.84 Å². The number of carboxylic acid groups (broad SMARTS) is 1. The van der Waals surface area contributed by atoms with Gasteiger partial charge in [0, 0.05) is 6.42 Å². The maximum Gasteiger partial charge on any atom is 0.305 e. The highest BCUT2D eigenvalue weighted by atomic mass is 32.2. The number of amidine groups is 1. The molecule has 0 saturated carbocycles. The van der Waals surface area contributed by atoms with Gasteiger partial charge in [-0.3, -0.25) is 9.59 Å². The lowest BCUT2D eigenvalue weighted by Crippen LogP contribution is -2.24. The second kappa shape index (κ2) is 8.08. The Morgan fingerprint density at radius 1 is 1.21 bits per heavy atom. The Balaban J connectivity index is 1.66. The molecule has 2 aromatic rings. The molecule has 2 atom stereocenters. The number of thioether (sulfide) groups is 1. The van der Waals surface area contributed by atoms with Gasteiger partial charge in [-0.2, -0.15) is 10.1 Å². The van der Waals surface area contributed by atoms with E-state index in [2.05, 4.69) is 4.99 Å². The maximum atomic E-state index is 12.2. The van der Waals surface area contributed by atoms with Crippen LogP contribution in [-0.2, 0) is 9.59 Å². The van der Waals surface area contributed by atoms with Crippen molar-refractivity contribution < 1.29 is 19.4 Å². The minimum absolute atomic E-state index is 0.140. The number of aliphatic imine (C=N–C) groups is 1. The first-order valence-corrected chi connectivity index (χ1v) is 10.00. The molecule has 0 saturated heterocycles. The summed E-state index contributed by atoms with van der Waals surface area (Å²) in [6.45, 7) is 0. The maximum absolute atomic E-state index is 12.2. The van der Waals surface area contributed by atoms with Crippen molar-refractivity contribution in [1.29, 1.82) is 0 Å². The van der Waals surface area contributed by atoms with E-state index < -0.39 is 17.1 Å². The lowest BCUT2D eigenvalue weighted by Gasteiger charge is -2.23. The summed E-state index contributed by atoms with van der Waals surface area (Å²) in [6.07, 6.45) is 0.389. The van der Waals surface area contributed by atoms with Gasteiger partial charge in [-0.15, -0.1) is 0 Å². The molecule has 148 valence electrons. The first-order chi connectivity index (χ1) is 14.0. The van der Waals surface area contributed by atoms with Gasteiger partial charge in [0.15, 0.2) is 5.17 Å². The summed E-state index contributed by atoms with van der Waals surface area (Å²) in [7, 11) is 1.62. The standard InChI is InChI=1S/C21H19N3O4S/c1-28-15-9-7-14(8-10-15)17-11-16(13-5-3-2-4-6-13)23-24(17)21-22-20(27)18(29-21)12-19(25)26/h2-10,17-18H,11-12H2,1H3,(H,25,26). The van der Waals surface area contributed by atoms with E-state index >= 15 is 0 Å². The first kappa shape index (κ1) is 19.2. The van der Waals surface area contributed by atoms with Crippen LogP contribution in [0.2, 0.25) is 0 Å². The number of ether oxygens (including phenoxy) is 1. The van der Waals surface area contributed by atoms with Gasteiger partial charge in [-0.1, -0.05) is 54.2 Å². The largest absolute Gasteiger partial charge is 0.497 e. The van der Waals surface area contributed by atoms with E-state index in [0.717, 1.165) is 34.3 Å². The van der Waals surface area contributed by atoms with E-state index in [-0.39, 0.29) is 12.5 Å². The van der Waals surface area contributed by atoms with Crippen LogP contribution in [0.3, 0.4) is 0 Å².